The van der Waals surface area contributed by atoms with Crippen LogP contribution in [0.3, 0.4) is 0 Å². The van der Waals surface area contributed by atoms with E-state index in [0.29, 0.717) is 30.4 Å². The number of nitrogens with zero attached hydrogens (tertiary/aromatic N) is 3. The first-order valence-corrected chi connectivity index (χ1v) is 8.80. The first-order valence-electron chi connectivity index (χ1n) is 8.80. The van der Waals surface area contributed by atoms with Crippen LogP contribution in [0.15, 0.2) is 30.6 Å². The number of ether oxygens (including phenoxy) is 1. The number of aromatic nitrogens is 2. The van der Waals surface area contributed by atoms with E-state index in [4.69, 9.17) is 4.74 Å². The highest BCUT2D eigenvalue weighted by Gasteiger charge is 2.39. The fraction of sp³-hybridized carbons (Fsp3) is 0.500. The van der Waals surface area contributed by atoms with Crippen LogP contribution in [0.2, 0.25) is 0 Å². The van der Waals surface area contributed by atoms with Gasteiger partial charge in [-0.05, 0) is 30.9 Å². The lowest BCUT2D eigenvalue weighted by molar-refractivity contribution is -0.132. The molecule has 0 bridgehead atoms. The zero-order valence-electron chi connectivity index (χ0n) is 14.3. The van der Waals surface area contributed by atoms with E-state index in [1.165, 1.54) is 25.6 Å². The third-order valence-electron chi connectivity index (χ3n) is 5.28. The van der Waals surface area contributed by atoms with Crippen molar-refractivity contribution in [3.63, 3.8) is 0 Å². The standard InChI is InChI=1S/C18H23N5O2/c1-23(9-16-12-6-4-8-15(12)21-22-16)17(24)10-25-18-13-5-2-3-7-14(13)19-11-20-18/h2-3,5,7,11-12,15-16,21-22H,4,6,8-10H2,1H3. The maximum absolute atomic E-state index is 12.4. The van der Waals surface area contributed by atoms with Crippen molar-refractivity contribution in [1.29, 1.82) is 0 Å². The molecule has 7 nitrogen and oxygen atoms in total. The minimum absolute atomic E-state index is 0.0221. The lowest BCUT2D eigenvalue weighted by atomic mass is 9.97. The predicted octanol–water partition coefficient (Wildman–Crippen LogP) is 1.11. The van der Waals surface area contributed by atoms with Gasteiger partial charge < -0.3 is 9.64 Å². The molecule has 7 heteroatoms. The number of amides is 1. The third kappa shape index (κ3) is 3.29. The second-order valence-electron chi connectivity index (χ2n) is 6.86. The summed E-state index contributed by atoms with van der Waals surface area (Å²) in [4.78, 5) is 22.5. The van der Waals surface area contributed by atoms with Gasteiger partial charge in [0.15, 0.2) is 6.61 Å². The molecule has 0 spiro atoms. The molecule has 1 amide bonds. The molecule has 2 aliphatic rings. The zero-order chi connectivity index (χ0) is 17.2. The van der Waals surface area contributed by atoms with Gasteiger partial charge in [0.05, 0.1) is 10.9 Å². The van der Waals surface area contributed by atoms with Crippen molar-refractivity contribution in [3.8, 4) is 5.88 Å². The lowest BCUT2D eigenvalue weighted by Gasteiger charge is -2.24. The summed E-state index contributed by atoms with van der Waals surface area (Å²) < 4.78 is 5.67. The molecule has 1 aromatic carbocycles. The van der Waals surface area contributed by atoms with Gasteiger partial charge in [-0.25, -0.2) is 9.97 Å². The highest BCUT2D eigenvalue weighted by molar-refractivity contribution is 5.84. The van der Waals surface area contributed by atoms with E-state index >= 15 is 0 Å². The number of hydrogen-bond donors (Lipinski definition) is 2. The van der Waals surface area contributed by atoms with Gasteiger partial charge in [0.2, 0.25) is 5.88 Å². The van der Waals surface area contributed by atoms with Crippen molar-refractivity contribution in [3.05, 3.63) is 30.6 Å². The number of para-hydroxylation sites is 1. The number of likely N-dealkylation sites (N-methyl/N-ethyl adjacent to an activating group) is 1. The zero-order valence-corrected chi connectivity index (χ0v) is 14.3. The van der Waals surface area contributed by atoms with Gasteiger partial charge in [-0.2, -0.15) is 0 Å². The van der Waals surface area contributed by atoms with E-state index in [1.54, 1.807) is 4.90 Å². The summed E-state index contributed by atoms with van der Waals surface area (Å²) in [6.07, 6.45) is 5.17. The normalized spacial score (nSPS) is 25.1. The molecule has 3 atom stereocenters. The molecule has 1 saturated carbocycles. The predicted molar refractivity (Wildman–Crippen MR) is 93.9 cm³/mol. The first kappa shape index (κ1) is 16.2. The van der Waals surface area contributed by atoms with Crippen LogP contribution in [-0.4, -0.2) is 53.1 Å². The van der Waals surface area contributed by atoms with Gasteiger partial charge >= 0.3 is 0 Å². The van der Waals surface area contributed by atoms with Gasteiger partial charge in [-0.1, -0.05) is 18.6 Å². The molecule has 2 aromatic rings. The largest absolute Gasteiger partial charge is 0.467 e. The SMILES string of the molecule is CN(CC1NNC2CCCC21)C(=O)COc1ncnc2ccccc12. The van der Waals surface area contributed by atoms with Crippen molar-refractivity contribution in [2.45, 2.75) is 31.3 Å². The van der Waals surface area contributed by atoms with Crippen molar-refractivity contribution in [2.75, 3.05) is 20.2 Å². The van der Waals surface area contributed by atoms with Gasteiger partial charge in [-0.15, -0.1) is 0 Å². The highest BCUT2D eigenvalue weighted by Crippen LogP contribution is 2.31. The average Bonchev–Trinajstić information content (AvgIpc) is 3.24. The number of carbonyl (C=O) groups is 1. The van der Waals surface area contributed by atoms with Gasteiger partial charge in [0, 0.05) is 25.7 Å². The third-order valence-corrected chi connectivity index (χ3v) is 5.28. The van der Waals surface area contributed by atoms with Crippen LogP contribution in [-0.2, 0) is 4.79 Å². The molecule has 3 unspecified atom stereocenters. The molecular weight excluding hydrogens is 318 g/mol. The maximum atomic E-state index is 12.4. The van der Waals surface area contributed by atoms with Crippen molar-refractivity contribution in [2.24, 2.45) is 5.92 Å². The molecule has 1 aliphatic carbocycles. The second kappa shape index (κ2) is 6.93. The fourth-order valence-electron chi connectivity index (χ4n) is 3.88. The summed E-state index contributed by atoms with van der Waals surface area (Å²) >= 11 is 0. The van der Waals surface area contributed by atoms with E-state index in [0.717, 1.165) is 10.9 Å². The molecule has 1 saturated heterocycles. The number of rotatable bonds is 5. The number of benzene rings is 1. The quantitative estimate of drug-likeness (QED) is 0.848. The summed E-state index contributed by atoms with van der Waals surface area (Å²) in [7, 11) is 1.83. The first-order chi connectivity index (χ1) is 12.2. The number of fused-ring (bicyclic) bond motifs is 2. The lowest BCUT2D eigenvalue weighted by Crippen LogP contribution is -2.44. The maximum Gasteiger partial charge on any atom is 0.260 e. The Morgan fingerprint density at radius 3 is 3.08 bits per heavy atom. The van der Waals surface area contributed by atoms with E-state index in [-0.39, 0.29) is 12.5 Å². The van der Waals surface area contributed by atoms with E-state index < -0.39 is 0 Å². The van der Waals surface area contributed by atoms with Crippen LogP contribution >= 0.6 is 0 Å². The van der Waals surface area contributed by atoms with Crippen molar-refractivity contribution in [1.82, 2.24) is 25.7 Å². The molecule has 1 aromatic heterocycles. The topological polar surface area (TPSA) is 79.4 Å². The Morgan fingerprint density at radius 1 is 1.28 bits per heavy atom. The van der Waals surface area contributed by atoms with Crippen molar-refractivity contribution < 1.29 is 9.53 Å². The van der Waals surface area contributed by atoms with E-state index in [2.05, 4.69) is 20.8 Å². The number of hydrogen-bond acceptors (Lipinski definition) is 6. The minimum Gasteiger partial charge on any atom is -0.467 e. The van der Waals surface area contributed by atoms with Crippen LogP contribution < -0.4 is 15.6 Å². The Morgan fingerprint density at radius 2 is 2.16 bits per heavy atom. The van der Waals surface area contributed by atoms with Crippen LogP contribution in [0.5, 0.6) is 5.88 Å². The Labute approximate surface area is 146 Å². The van der Waals surface area contributed by atoms with E-state index in [9.17, 15) is 4.79 Å². The highest BCUT2D eigenvalue weighted by atomic mass is 16.5. The van der Waals surface area contributed by atoms with Gasteiger partial charge in [0.1, 0.15) is 6.33 Å². The monoisotopic (exact) mass is 341 g/mol. The summed E-state index contributed by atoms with van der Waals surface area (Å²) in [5.74, 6) is 1.01. The van der Waals surface area contributed by atoms with Gasteiger partial charge in [-0.3, -0.25) is 15.6 Å². The summed E-state index contributed by atoms with van der Waals surface area (Å²) in [6, 6.07) is 8.47. The molecule has 2 heterocycles. The molecule has 4 rings (SSSR count). The average molecular weight is 341 g/mol. The fourth-order valence-corrected chi connectivity index (χ4v) is 3.88. The number of hydrazine groups is 1. The Hall–Kier alpha value is -2.25. The molecule has 2 N–H and O–H groups in total. The summed E-state index contributed by atoms with van der Waals surface area (Å²) in [5.41, 5.74) is 7.50. The van der Waals surface area contributed by atoms with Crippen LogP contribution in [0.25, 0.3) is 10.9 Å². The molecule has 25 heavy (non-hydrogen) atoms. The van der Waals surface area contributed by atoms with Crippen LogP contribution in [0.4, 0.5) is 0 Å². The Balaban J connectivity index is 1.35. The number of nitrogens with one attached hydrogen (secondary N) is 2. The Kier molecular flexibility index (Phi) is 4.50. The van der Waals surface area contributed by atoms with Gasteiger partial charge in [0.25, 0.3) is 5.91 Å². The smallest absolute Gasteiger partial charge is 0.260 e. The van der Waals surface area contributed by atoms with Crippen LogP contribution in [0.1, 0.15) is 19.3 Å². The van der Waals surface area contributed by atoms with Crippen molar-refractivity contribution >= 4 is 16.8 Å². The number of carbonyl (C=O) groups excluding carboxylic acids is 1. The molecular formula is C18H23N5O2. The molecule has 132 valence electrons. The summed E-state index contributed by atoms with van der Waals surface area (Å²) in [6.45, 7) is 0.659. The Bertz CT molecular complexity index is 763. The molecule has 2 fully saturated rings. The second-order valence-corrected chi connectivity index (χ2v) is 6.86. The van der Waals surface area contributed by atoms with Crippen LogP contribution in [0, 0.1) is 5.92 Å². The minimum atomic E-state index is -0.0501. The molecule has 1 aliphatic heterocycles. The molecule has 0 radical (unpaired) electrons. The van der Waals surface area contributed by atoms with E-state index in [1.807, 2.05) is 31.3 Å². The summed E-state index contributed by atoms with van der Waals surface area (Å²) in [5, 5.41) is 0.816.